The molecule has 0 spiro atoms. The minimum absolute atomic E-state index is 0.466. The molecule has 0 aliphatic heterocycles. The molecule has 12 heteroatoms. The molecule has 0 radical (unpaired) electrons. The molecule has 0 aliphatic rings. The predicted octanol–water partition coefficient (Wildman–Crippen LogP) is 16.8. The van der Waals surface area contributed by atoms with Gasteiger partial charge in [-0.25, -0.2) is 0 Å². The van der Waals surface area contributed by atoms with Crippen LogP contribution in [-0.2, 0) is 28.2 Å². The van der Waals surface area contributed by atoms with Crippen LogP contribution < -0.4 is 18.7 Å². The van der Waals surface area contributed by atoms with Crippen molar-refractivity contribution in [3.05, 3.63) is 286 Å². The molecule has 13 rings (SSSR count). The Morgan fingerprint density at radius 3 is 1.13 bits per heavy atom. The summed E-state index contributed by atoms with van der Waals surface area (Å²) in [5.74, 6) is 0.932. The summed E-state index contributed by atoms with van der Waals surface area (Å²) in [6.45, 7) is 32.4. The lowest BCUT2D eigenvalue weighted by Gasteiger charge is -2.20. The normalized spacial score (nSPS) is 11.1. The van der Waals surface area contributed by atoms with E-state index in [4.69, 9.17) is 15.0 Å². The smallest absolute Gasteiger partial charge is 0.203 e. The Morgan fingerprint density at radius 2 is 0.716 bits per heavy atom. The molecule has 0 fully saturated rings. The van der Waals surface area contributed by atoms with Crippen molar-refractivity contribution in [2.75, 3.05) is 0 Å². The summed E-state index contributed by atoms with van der Waals surface area (Å²) < 4.78 is 16.9. The first kappa shape index (κ1) is 67.4. The fraction of sp³-hybridized carbons (Fsp3) is 0.253. The number of nitrogens with zero attached hydrogens (tertiary/aromatic N) is 12. The molecule has 13 aromatic rings. The molecule has 8 aromatic heterocycles. The molecular formula is C83H94N12+4. The molecule has 8 heterocycles. The van der Waals surface area contributed by atoms with Crippen LogP contribution in [0.15, 0.2) is 213 Å². The second-order valence-electron chi connectivity index (χ2n) is 25.8. The monoisotopic (exact) mass is 1260 g/mol. The van der Waals surface area contributed by atoms with E-state index >= 15 is 0 Å². The third-order valence-corrected chi connectivity index (χ3v) is 17.9. The number of hydrogen-bond donors (Lipinski definition) is 0. The zero-order valence-corrected chi connectivity index (χ0v) is 59.2. The van der Waals surface area contributed by atoms with E-state index in [1.165, 1.54) is 89.0 Å². The van der Waals surface area contributed by atoms with Gasteiger partial charge in [-0.1, -0.05) is 143 Å². The molecule has 0 atom stereocenters. The maximum atomic E-state index is 5.05. The van der Waals surface area contributed by atoms with Gasteiger partial charge in [0, 0.05) is 41.1 Å². The van der Waals surface area contributed by atoms with E-state index < -0.39 is 0 Å². The van der Waals surface area contributed by atoms with E-state index in [-0.39, 0.29) is 0 Å². The van der Waals surface area contributed by atoms with Gasteiger partial charge in [-0.3, -0.25) is 19.9 Å². The highest BCUT2D eigenvalue weighted by atomic mass is 15.4. The molecule has 95 heavy (non-hydrogen) atoms. The van der Waals surface area contributed by atoms with Crippen LogP contribution in [0, 0.1) is 76.2 Å². The van der Waals surface area contributed by atoms with E-state index in [0.29, 0.717) is 11.8 Å². The van der Waals surface area contributed by atoms with Gasteiger partial charge in [-0.15, -0.1) is 37.5 Å². The first-order valence-corrected chi connectivity index (χ1v) is 33.0. The highest BCUT2D eigenvalue weighted by Gasteiger charge is 2.23. The van der Waals surface area contributed by atoms with Gasteiger partial charge >= 0.3 is 0 Å². The van der Waals surface area contributed by atoms with Crippen LogP contribution in [0.5, 0.6) is 0 Å². The molecule has 5 aromatic carbocycles. The van der Waals surface area contributed by atoms with E-state index in [2.05, 4.69) is 324 Å². The van der Waals surface area contributed by atoms with Gasteiger partial charge in [0.2, 0.25) is 6.20 Å². The van der Waals surface area contributed by atoms with Crippen molar-refractivity contribution in [3.63, 3.8) is 0 Å². The second kappa shape index (κ2) is 29.2. The second-order valence-corrected chi connectivity index (χ2v) is 25.8. The summed E-state index contributed by atoms with van der Waals surface area (Å²) in [5, 5.41) is 0. The molecule has 482 valence electrons. The van der Waals surface area contributed by atoms with Crippen molar-refractivity contribution in [3.8, 4) is 78.8 Å². The molecule has 0 bridgehead atoms. The van der Waals surface area contributed by atoms with Crippen LogP contribution in [0.1, 0.15) is 112 Å². The fourth-order valence-corrected chi connectivity index (χ4v) is 13.3. The van der Waals surface area contributed by atoms with Crippen molar-refractivity contribution in [1.29, 1.82) is 0 Å². The molecule has 0 N–H and O–H groups in total. The molecule has 0 saturated heterocycles. The Labute approximate surface area is 563 Å². The topological polar surface area (TPSA) is 86.8 Å². The highest BCUT2D eigenvalue weighted by Crippen LogP contribution is 2.38. The summed E-state index contributed by atoms with van der Waals surface area (Å²) in [7, 11) is 8.19. The van der Waals surface area contributed by atoms with Crippen LogP contribution in [-0.4, -0.2) is 38.7 Å². The Hall–Kier alpha value is -10.5. The molecule has 0 unspecified atom stereocenters. The number of aromatic nitrogens is 12. The summed E-state index contributed by atoms with van der Waals surface area (Å²) in [4.78, 5) is 19.4. The fourth-order valence-electron chi connectivity index (χ4n) is 13.3. The van der Waals surface area contributed by atoms with Crippen molar-refractivity contribution >= 4 is 0 Å². The Morgan fingerprint density at radius 1 is 0.326 bits per heavy atom. The van der Waals surface area contributed by atoms with Gasteiger partial charge in [0.15, 0.2) is 46.8 Å². The van der Waals surface area contributed by atoms with Crippen LogP contribution in [0.4, 0.5) is 0 Å². The minimum Gasteiger partial charge on any atom is -0.259 e. The van der Waals surface area contributed by atoms with Crippen molar-refractivity contribution in [2.45, 2.75) is 116 Å². The first-order chi connectivity index (χ1) is 45.5. The standard InChI is InChI=1S/C24H24N3.C23H30N3.C19H22N3.C17H18N3/c1-17-10-8-13-21(20-11-6-5-7-12-20)23(17)22-16-18(2)24(19(3)25-22)27-15-9-14-26(27)4;1-15(2)19-10-8-11-20(16(3)4)22(19)21-14-17(5)23(18(6)24-21)26-13-9-12-25(26)7;1-13-8-6-9-14(2)18(13)17-12-15(3)19(16(4)20-17)22-11-7-10-21(22)5;1-13-9-10-18-14(2)17(13)20-12-16(11-19(20)3)15-7-5-4-6-8-15/h5-16H,1-4H3;8-16H,1-7H3;6-12H,1-5H3;4-12H,1-3H3/q4*+1. The number of aryl methyl sites for hydroxylation is 15. The van der Waals surface area contributed by atoms with Gasteiger partial charge in [0.05, 0.1) is 70.2 Å². The van der Waals surface area contributed by atoms with Crippen LogP contribution in [0.2, 0.25) is 0 Å². The Balaban J connectivity index is 0.000000139. The Bertz CT molecular complexity index is 4710. The van der Waals surface area contributed by atoms with Crippen molar-refractivity contribution < 1.29 is 18.7 Å². The molecule has 0 amide bonds. The maximum absolute atomic E-state index is 5.05. The zero-order valence-electron chi connectivity index (χ0n) is 59.2. The van der Waals surface area contributed by atoms with Gasteiger partial charge in [-0.05, 0) is 179 Å². The lowest BCUT2D eigenvalue weighted by molar-refractivity contribution is -0.744. The van der Waals surface area contributed by atoms with Crippen LogP contribution >= 0.6 is 0 Å². The molecule has 0 saturated carbocycles. The summed E-state index contributed by atoms with van der Waals surface area (Å²) >= 11 is 0. The summed E-state index contributed by atoms with van der Waals surface area (Å²) in [6, 6.07) is 55.3. The van der Waals surface area contributed by atoms with Crippen molar-refractivity contribution in [2.24, 2.45) is 28.2 Å². The quantitative estimate of drug-likeness (QED) is 0.121. The van der Waals surface area contributed by atoms with E-state index in [0.717, 1.165) is 62.6 Å². The highest BCUT2D eigenvalue weighted by molar-refractivity contribution is 5.85. The number of pyridine rings is 4. The summed E-state index contributed by atoms with van der Waals surface area (Å²) in [6.07, 6.45) is 18.5. The molecule has 12 nitrogen and oxygen atoms in total. The minimum atomic E-state index is 0.466. The third kappa shape index (κ3) is 14.5. The van der Waals surface area contributed by atoms with Gasteiger partial charge in [0.1, 0.15) is 22.7 Å². The SMILES string of the molecule is Cc1cc(-c2c(C(C)C)cccc2C(C)C)nc(C)c1-n1ccc[n+]1C.Cc1cccc(-c2ccccc2)c1-c1cc(C)c(-n2ccc[n+]2C)c(C)n1.Cc1cccc(C)c1-c1cc(C)c(-n2ccc[n+]2C)c(C)n1.Cc1ccnc(C)c1-n1cc(-c2ccccc2)c[n+]1C. The Kier molecular flexibility index (Phi) is 20.7. The largest absolute Gasteiger partial charge is 0.259 e. The van der Waals surface area contributed by atoms with E-state index in [9.17, 15) is 0 Å². The summed E-state index contributed by atoms with van der Waals surface area (Å²) in [5.41, 5.74) is 32.0. The molecule has 0 aliphatic carbocycles. The van der Waals surface area contributed by atoms with Gasteiger partial charge in [-0.2, -0.15) is 0 Å². The van der Waals surface area contributed by atoms with Gasteiger partial charge in [0.25, 0.3) is 0 Å². The van der Waals surface area contributed by atoms with Crippen LogP contribution in [0.25, 0.3) is 78.8 Å². The van der Waals surface area contributed by atoms with Gasteiger partial charge < -0.3 is 0 Å². The number of hydrogen-bond acceptors (Lipinski definition) is 4. The average molecular weight is 1260 g/mol. The predicted molar refractivity (Wildman–Crippen MR) is 386 cm³/mol. The first-order valence-electron chi connectivity index (χ1n) is 33.0. The molecular weight excluding hydrogens is 1160 g/mol. The lowest BCUT2D eigenvalue weighted by Crippen LogP contribution is -2.37. The number of rotatable bonds is 11. The zero-order chi connectivity index (χ0) is 67.9. The van der Waals surface area contributed by atoms with Crippen LogP contribution in [0.3, 0.4) is 0 Å². The van der Waals surface area contributed by atoms with Crippen molar-refractivity contribution in [1.82, 2.24) is 38.7 Å². The third-order valence-electron chi connectivity index (χ3n) is 17.9. The maximum Gasteiger partial charge on any atom is 0.203 e. The lowest BCUT2D eigenvalue weighted by atomic mass is 9.86. The van der Waals surface area contributed by atoms with E-state index in [1.807, 2.05) is 63.9 Å². The van der Waals surface area contributed by atoms with E-state index in [1.54, 1.807) is 0 Å². The number of benzene rings is 5. The average Bonchev–Trinajstić information content (AvgIpc) is 1.81.